The Morgan fingerprint density at radius 3 is 2.87 bits per heavy atom. The van der Waals surface area contributed by atoms with Gasteiger partial charge in [0.1, 0.15) is 6.10 Å². The van der Waals surface area contributed by atoms with Crippen molar-refractivity contribution in [2.24, 2.45) is 5.92 Å². The predicted octanol–water partition coefficient (Wildman–Crippen LogP) is 1.45. The molecule has 1 atom stereocenters. The molecule has 2 aromatic heterocycles. The van der Waals surface area contributed by atoms with Gasteiger partial charge in [-0.15, -0.1) is 11.3 Å². The van der Waals surface area contributed by atoms with E-state index < -0.39 is 6.10 Å². The van der Waals surface area contributed by atoms with Crippen LogP contribution < -0.4 is 5.56 Å². The van der Waals surface area contributed by atoms with Gasteiger partial charge in [-0.3, -0.25) is 4.79 Å². The smallest absolute Gasteiger partial charge is 0.266 e. The van der Waals surface area contributed by atoms with Crippen molar-refractivity contribution in [1.29, 1.82) is 0 Å². The molecular weight excluding hydrogens is 312 g/mol. The number of β-amino-alcohol motifs (C(OH)–C–C–N with tert-alkyl or cyclic N) is 1. The molecule has 1 unspecified atom stereocenters. The molecule has 1 fully saturated rings. The quantitative estimate of drug-likeness (QED) is 0.896. The summed E-state index contributed by atoms with van der Waals surface area (Å²) < 4.78 is 1.58. The van der Waals surface area contributed by atoms with Crippen molar-refractivity contribution in [1.82, 2.24) is 19.7 Å². The summed E-state index contributed by atoms with van der Waals surface area (Å²) in [6, 6.07) is 3.34. The lowest BCUT2D eigenvalue weighted by molar-refractivity contribution is 0.0836. The molecule has 0 aliphatic carbocycles. The van der Waals surface area contributed by atoms with Gasteiger partial charge in [0.05, 0.1) is 16.9 Å². The Hall–Kier alpha value is -1.57. The van der Waals surface area contributed by atoms with Crippen molar-refractivity contribution in [2.45, 2.75) is 32.4 Å². The average Bonchev–Trinajstić information content (AvgIpc) is 3.07. The number of aliphatic hydroxyl groups excluding tert-OH is 1. The number of aryl methyl sites for hydroxylation is 1. The molecule has 124 valence electrons. The largest absolute Gasteiger partial charge is 0.385 e. The molecule has 3 rings (SSSR count). The first-order chi connectivity index (χ1) is 11.1. The Labute approximate surface area is 139 Å². The Kier molecular flexibility index (Phi) is 5.20. The van der Waals surface area contributed by atoms with Gasteiger partial charge < -0.3 is 10.0 Å². The third-order valence-electron chi connectivity index (χ3n) is 4.36. The zero-order valence-electron chi connectivity index (χ0n) is 13.3. The summed E-state index contributed by atoms with van der Waals surface area (Å²) >= 11 is 1.51. The van der Waals surface area contributed by atoms with Crippen LogP contribution in [-0.4, -0.2) is 44.4 Å². The minimum Gasteiger partial charge on any atom is -0.385 e. The van der Waals surface area contributed by atoms with E-state index in [1.165, 1.54) is 11.3 Å². The van der Waals surface area contributed by atoms with Crippen LogP contribution in [0.5, 0.6) is 0 Å². The molecule has 6 nitrogen and oxygen atoms in total. The molecule has 0 spiro atoms. The molecule has 23 heavy (non-hydrogen) atoms. The summed E-state index contributed by atoms with van der Waals surface area (Å²) in [4.78, 5) is 18.3. The van der Waals surface area contributed by atoms with E-state index in [1.54, 1.807) is 22.3 Å². The molecule has 1 N–H and O–H groups in total. The number of aromatic nitrogens is 3. The fraction of sp³-hybridized carbons (Fsp3) is 0.562. The van der Waals surface area contributed by atoms with Gasteiger partial charge in [0, 0.05) is 24.5 Å². The first-order valence-corrected chi connectivity index (χ1v) is 8.89. The third-order valence-corrected chi connectivity index (χ3v) is 4.97. The van der Waals surface area contributed by atoms with Crippen LogP contribution in [0.3, 0.4) is 0 Å². The zero-order valence-corrected chi connectivity index (χ0v) is 14.1. The lowest BCUT2D eigenvalue weighted by Crippen LogP contribution is -2.38. The van der Waals surface area contributed by atoms with Gasteiger partial charge in [-0.05, 0) is 44.8 Å². The molecular formula is C16H22N4O2S. The average molecular weight is 334 g/mol. The van der Waals surface area contributed by atoms with Gasteiger partial charge in [-0.2, -0.15) is 5.10 Å². The summed E-state index contributed by atoms with van der Waals surface area (Å²) in [6.07, 6.45) is 1.52. The SMILES string of the molecule is Cc1ccc(=O)n(CC2CCN(CC(O)c3cscn3)CC2)n1. The minimum atomic E-state index is -0.515. The zero-order chi connectivity index (χ0) is 16.2. The summed E-state index contributed by atoms with van der Waals surface area (Å²) in [6.45, 7) is 5.08. The fourth-order valence-corrected chi connectivity index (χ4v) is 3.60. The van der Waals surface area contributed by atoms with Gasteiger partial charge in [0.15, 0.2) is 0 Å². The Morgan fingerprint density at radius 2 is 2.17 bits per heavy atom. The molecule has 0 amide bonds. The highest BCUT2D eigenvalue weighted by Crippen LogP contribution is 2.21. The highest BCUT2D eigenvalue weighted by atomic mass is 32.1. The van der Waals surface area contributed by atoms with Gasteiger partial charge >= 0.3 is 0 Å². The molecule has 7 heteroatoms. The lowest BCUT2D eigenvalue weighted by atomic mass is 9.96. The van der Waals surface area contributed by atoms with Gasteiger partial charge in [-0.25, -0.2) is 9.67 Å². The molecule has 0 bridgehead atoms. The van der Waals surface area contributed by atoms with Gasteiger partial charge in [0.25, 0.3) is 5.56 Å². The van der Waals surface area contributed by atoms with Crippen LogP contribution in [0.2, 0.25) is 0 Å². The van der Waals surface area contributed by atoms with E-state index in [0.717, 1.165) is 37.3 Å². The maximum atomic E-state index is 11.8. The molecule has 1 aliphatic rings. The predicted molar refractivity (Wildman–Crippen MR) is 89.5 cm³/mol. The molecule has 0 radical (unpaired) electrons. The van der Waals surface area contributed by atoms with E-state index in [2.05, 4.69) is 15.0 Å². The second-order valence-corrected chi connectivity index (χ2v) is 6.89. The number of hydrogen-bond acceptors (Lipinski definition) is 6. The maximum Gasteiger partial charge on any atom is 0.266 e. The van der Waals surface area contributed by atoms with Gasteiger partial charge in [0.2, 0.25) is 0 Å². The van der Waals surface area contributed by atoms with Crippen LogP contribution in [0.15, 0.2) is 27.8 Å². The van der Waals surface area contributed by atoms with Crippen LogP contribution in [0.25, 0.3) is 0 Å². The van der Waals surface area contributed by atoms with E-state index in [-0.39, 0.29) is 5.56 Å². The van der Waals surface area contributed by atoms with Crippen molar-refractivity contribution < 1.29 is 5.11 Å². The number of aliphatic hydroxyl groups is 1. The van der Waals surface area contributed by atoms with Crippen LogP contribution in [0, 0.1) is 12.8 Å². The molecule has 0 aromatic carbocycles. The second-order valence-electron chi connectivity index (χ2n) is 6.17. The number of rotatable bonds is 5. The Balaban J connectivity index is 1.50. The fourth-order valence-electron chi connectivity index (χ4n) is 3.00. The van der Waals surface area contributed by atoms with E-state index in [9.17, 15) is 9.90 Å². The van der Waals surface area contributed by atoms with Crippen LogP contribution in [-0.2, 0) is 6.54 Å². The van der Waals surface area contributed by atoms with E-state index in [4.69, 9.17) is 0 Å². The normalized spacial score (nSPS) is 18.2. The maximum absolute atomic E-state index is 11.8. The standard InChI is InChI=1S/C16H22N4O2S/c1-12-2-3-16(22)20(18-12)8-13-4-6-19(7-5-13)9-15(21)14-10-23-11-17-14/h2-3,10-11,13,15,21H,4-9H2,1H3. The van der Waals surface area contributed by atoms with Crippen molar-refractivity contribution in [3.05, 3.63) is 44.8 Å². The van der Waals surface area contributed by atoms with Crippen LogP contribution in [0.1, 0.15) is 30.3 Å². The van der Waals surface area contributed by atoms with E-state index >= 15 is 0 Å². The third kappa shape index (κ3) is 4.25. The molecule has 1 saturated heterocycles. The summed E-state index contributed by atoms with van der Waals surface area (Å²) in [7, 11) is 0. The Bertz CT molecular complexity index is 678. The number of piperidine rings is 1. The highest BCUT2D eigenvalue weighted by Gasteiger charge is 2.23. The molecule has 3 heterocycles. The van der Waals surface area contributed by atoms with Crippen LogP contribution in [0.4, 0.5) is 0 Å². The summed E-state index contributed by atoms with van der Waals surface area (Å²) in [5.74, 6) is 0.467. The topological polar surface area (TPSA) is 71.2 Å². The minimum absolute atomic E-state index is 0.0306. The van der Waals surface area contributed by atoms with E-state index in [0.29, 0.717) is 19.0 Å². The summed E-state index contributed by atoms with van der Waals surface area (Å²) in [5, 5.41) is 16.4. The Morgan fingerprint density at radius 1 is 1.39 bits per heavy atom. The molecule has 1 aliphatic heterocycles. The lowest BCUT2D eigenvalue weighted by Gasteiger charge is -2.32. The monoisotopic (exact) mass is 334 g/mol. The van der Waals surface area contributed by atoms with E-state index in [1.807, 2.05) is 12.3 Å². The molecule has 0 saturated carbocycles. The summed E-state index contributed by atoms with van der Waals surface area (Å²) in [5.41, 5.74) is 3.34. The van der Waals surface area contributed by atoms with Crippen molar-refractivity contribution in [2.75, 3.05) is 19.6 Å². The first kappa shape index (κ1) is 16.3. The second kappa shape index (κ2) is 7.33. The first-order valence-electron chi connectivity index (χ1n) is 7.95. The number of hydrogen-bond donors (Lipinski definition) is 1. The van der Waals surface area contributed by atoms with Crippen LogP contribution >= 0.6 is 11.3 Å². The van der Waals surface area contributed by atoms with Crippen molar-refractivity contribution in [3.63, 3.8) is 0 Å². The van der Waals surface area contributed by atoms with Crippen molar-refractivity contribution in [3.8, 4) is 0 Å². The van der Waals surface area contributed by atoms with Crippen molar-refractivity contribution >= 4 is 11.3 Å². The number of thiazole rings is 1. The highest BCUT2D eigenvalue weighted by molar-refractivity contribution is 7.07. The number of nitrogens with zero attached hydrogens (tertiary/aromatic N) is 4. The molecule has 2 aromatic rings. The number of likely N-dealkylation sites (tertiary alicyclic amines) is 1. The van der Waals surface area contributed by atoms with Gasteiger partial charge in [-0.1, -0.05) is 0 Å².